The van der Waals surface area contributed by atoms with Crippen LogP contribution in [0.2, 0.25) is 0 Å². The average molecular weight is 381 g/mol. The summed E-state index contributed by atoms with van der Waals surface area (Å²) >= 11 is 3.13. The largest absolute Gasteiger partial charge is 0.462 e. The van der Waals surface area contributed by atoms with Gasteiger partial charge in [-0.2, -0.15) is 0 Å². The van der Waals surface area contributed by atoms with Gasteiger partial charge in [0.1, 0.15) is 0 Å². The second-order valence-corrected chi connectivity index (χ2v) is 7.43. The maximum atomic E-state index is 11.9. The number of carbonyl (C=O) groups excluding carboxylic acids is 1. The number of thiazole rings is 1. The zero-order valence-corrected chi connectivity index (χ0v) is 15.6. The van der Waals surface area contributed by atoms with Crippen LogP contribution < -0.4 is 5.32 Å². The number of benzene rings is 1. The van der Waals surface area contributed by atoms with Crippen LogP contribution in [0.4, 0.5) is 10.1 Å². The first-order chi connectivity index (χ1) is 12.7. The third-order valence-electron chi connectivity index (χ3n) is 3.72. The Morgan fingerprint density at radius 2 is 2.15 bits per heavy atom. The lowest BCUT2D eigenvalue weighted by atomic mass is 10.1. The number of hydrogen-bond acceptors (Lipinski definition) is 7. The van der Waals surface area contributed by atoms with Gasteiger partial charge in [0, 0.05) is 23.3 Å². The smallest absolute Gasteiger partial charge is 0.338 e. The number of pyridine rings is 1. The molecule has 0 radical (unpaired) electrons. The molecule has 0 unspecified atom stereocenters. The van der Waals surface area contributed by atoms with Gasteiger partial charge in [0.15, 0.2) is 5.13 Å². The molecule has 0 amide bonds. The van der Waals surface area contributed by atoms with Gasteiger partial charge in [-0.3, -0.25) is 4.98 Å². The highest BCUT2D eigenvalue weighted by atomic mass is 32.1. The van der Waals surface area contributed by atoms with Crippen molar-refractivity contribution in [3.8, 4) is 11.1 Å². The number of aromatic nitrogens is 2. The number of thiophene rings is 1. The molecule has 1 N–H and O–H groups in total. The van der Waals surface area contributed by atoms with Crippen LogP contribution in [0.25, 0.3) is 21.3 Å². The molecule has 0 aliphatic carbocycles. The lowest BCUT2D eigenvalue weighted by Crippen LogP contribution is -2.03. The fourth-order valence-corrected chi connectivity index (χ4v) is 4.30. The Kier molecular flexibility index (Phi) is 4.64. The second kappa shape index (κ2) is 7.23. The van der Waals surface area contributed by atoms with E-state index >= 15 is 0 Å². The van der Waals surface area contributed by atoms with E-state index in [0.717, 1.165) is 31.5 Å². The summed E-state index contributed by atoms with van der Waals surface area (Å²) in [7, 11) is 0. The summed E-state index contributed by atoms with van der Waals surface area (Å²) in [6.45, 7) is 2.16. The summed E-state index contributed by atoms with van der Waals surface area (Å²) in [6.07, 6.45) is 3.61. The van der Waals surface area contributed by atoms with Crippen LogP contribution >= 0.6 is 22.7 Å². The first kappa shape index (κ1) is 16.7. The third-order valence-corrected chi connectivity index (χ3v) is 5.50. The SMILES string of the molecule is CCOC(=O)c1ccc2nc(Nc3cc(-c4cccnc4)cs3)sc2c1. The van der Waals surface area contributed by atoms with E-state index < -0.39 is 0 Å². The van der Waals surface area contributed by atoms with Crippen molar-refractivity contribution in [3.63, 3.8) is 0 Å². The standard InChI is InChI=1S/C19H15N3O2S2/c1-2-24-18(23)12-5-6-15-16(8-12)26-19(21-15)22-17-9-14(11-25-17)13-4-3-7-20-10-13/h3-11H,2H2,1H3,(H,21,22). The van der Waals surface area contributed by atoms with Crippen molar-refractivity contribution < 1.29 is 9.53 Å². The highest BCUT2D eigenvalue weighted by Gasteiger charge is 2.11. The lowest BCUT2D eigenvalue weighted by molar-refractivity contribution is 0.0526. The normalized spacial score (nSPS) is 10.8. The van der Waals surface area contributed by atoms with Crippen molar-refractivity contribution in [1.82, 2.24) is 9.97 Å². The molecule has 0 aliphatic heterocycles. The monoisotopic (exact) mass is 381 g/mol. The Balaban J connectivity index is 1.56. The van der Waals surface area contributed by atoms with Crippen molar-refractivity contribution in [3.05, 3.63) is 59.7 Å². The second-order valence-electron chi connectivity index (χ2n) is 5.49. The molecule has 0 saturated carbocycles. The van der Waals surface area contributed by atoms with E-state index in [0.29, 0.717) is 12.2 Å². The van der Waals surface area contributed by atoms with Crippen LogP contribution in [0.15, 0.2) is 54.2 Å². The van der Waals surface area contributed by atoms with Gasteiger partial charge in [-0.1, -0.05) is 17.4 Å². The van der Waals surface area contributed by atoms with E-state index in [4.69, 9.17) is 4.74 Å². The van der Waals surface area contributed by atoms with Gasteiger partial charge in [-0.05, 0) is 42.8 Å². The zero-order valence-electron chi connectivity index (χ0n) is 13.9. The number of hydrogen-bond donors (Lipinski definition) is 1. The van der Waals surface area contributed by atoms with Gasteiger partial charge < -0.3 is 10.1 Å². The van der Waals surface area contributed by atoms with E-state index in [9.17, 15) is 4.79 Å². The fourth-order valence-electron chi connectivity index (χ4n) is 2.51. The number of fused-ring (bicyclic) bond motifs is 1. The zero-order chi connectivity index (χ0) is 17.9. The van der Waals surface area contributed by atoms with Crippen LogP contribution in [0.5, 0.6) is 0 Å². The van der Waals surface area contributed by atoms with Gasteiger partial charge >= 0.3 is 5.97 Å². The van der Waals surface area contributed by atoms with Crippen LogP contribution in [0.1, 0.15) is 17.3 Å². The van der Waals surface area contributed by atoms with Crippen LogP contribution in [-0.2, 0) is 4.74 Å². The minimum Gasteiger partial charge on any atom is -0.462 e. The van der Waals surface area contributed by atoms with E-state index in [-0.39, 0.29) is 5.97 Å². The van der Waals surface area contributed by atoms with Crippen molar-refractivity contribution in [2.24, 2.45) is 0 Å². The minimum absolute atomic E-state index is 0.309. The number of nitrogens with one attached hydrogen (secondary N) is 1. The van der Waals surface area contributed by atoms with Gasteiger partial charge in [-0.25, -0.2) is 9.78 Å². The molecule has 0 bridgehead atoms. The van der Waals surface area contributed by atoms with E-state index in [1.165, 1.54) is 11.3 Å². The maximum absolute atomic E-state index is 11.9. The topological polar surface area (TPSA) is 64.1 Å². The minimum atomic E-state index is -0.309. The highest BCUT2D eigenvalue weighted by Crippen LogP contribution is 2.34. The fraction of sp³-hybridized carbons (Fsp3) is 0.105. The summed E-state index contributed by atoms with van der Waals surface area (Å²) in [5, 5.41) is 7.24. The number of anilines is 2. The Labute approximate surface area is 158 Å². The number of nitrogens with zero attached hydrogens (tertiary/aromatic N) is 2. The summed E-state index contributed by atoms with van der Waals surface area (Å²) in [6, 6.07) is 11.5. The molecule has 3 heterocycles. The highest BCUT2D eigenvalue weighted by molar-refractivity contribution is 7.22. The first-order valence-electron chi connectivity index (χ1n) is 8.06. The van der Waals surface area contributed by atoms with Crippen molar-refractivity contribution in [2.45, 2.75) is 6.92 Å². The van der Waals surface area contributed by atoms with E-state index in [2.05, 4.69) is 26.7 Å². The summed E-state index contributed by atoms with van der Waals surface area (Å²) in [4.78, 5) is 20.6. The summed E-state index contributed by atoms with van der Waals surface area (Å²) in [5.41, 5.74) is 3.61. The predicted molar refractivity (Wildman–Crippen MR) is 106 cm³/mol. The van der Waals surface area contributed by atoms with Crippen molar-refractivity contribution in [2.75, 3.05) is 11.9 Å². The molecule has 0 atom stereocenters. The van der Waals surface area contributed by atoms with E-state index in [1.807, 2.05) is 30.5 Å². The molecule has 26 heavy (non-hydrogen) atoms. The Bertz CT molecular complexity index is 1060. The molecule has 7 heteroatoms. The summed E-state index contributed by atoms with van der Waals surface area (Å²) < 4.78 is 6.00. The lowest BCUT2D eigenvalue weighted by Gasteiger charge is -2.00. The molecule has 5 nitrogen and oxygen atoms in total. The predicted octanol–water partition coefficient (Wildman–Crippen LogP) is 5.34. The average Bonchev–Trinajstić information content (AvgIpc) is 3.28. The molecule has 130 valence electrons. The van der Waals surface area contributed by atoms with Crippen LogP contribution in [-0.4, -0.2) is 22.5 Å². The summed E-state index contributed by atoms with van der Waals surface area (Å²) in [5.74, 6) is -0.309. The molecule has 4 aromatic rings. The van der Waals surface area contributed by atoms with Gasteiger partial charge in [0.25, 0.3) is 0 Å². The molecule has 4 rings (SSSR count). The van der Waals surface area contributed by atoms with Crippen molar-refractivity contribution in [1.29, 1.82) is 0 Å². The molecular weight excluding hydrogens is 366 g/mol. The van der Waals surface area contributed by atoms with Gasteiger partial charge in [0.2, 0.25) is 0 Å². The quantitative estimate of drug-likeness (QED) is 0.473. The molecule has 0 fully saturated rings. The number of carbonyl (C=O) groups is 1. The Hall–Kier alpha value is -2.77. The molecule has 0 aliphatic rings. The number of ether oxygens (including phenoxy) is 1. The third kappa shape index (κ3) is 3.44. The molecule has 3 aromatic heterocycles. The molecule has 0 spiro atoms. The van der Waals surface area contributed by atoms with Gasteiger partial charge in [0.05, 0.1) is 27.4 Å². The molecule has 0 saturated heterocycles. The molecular formula is C19H15N3O2S2. The maximum Gasteiger partial charge on any atom is 0.338 e. The van der Waals surface area contributed by atoms with E-state index in [1.54, 1.807) is 30.5 Å². The van der Waals surface area contributed by atoms with Crippen LogP contribution in [0, 0.1) is 0 Å². The number of esters is 1. The van der Waals surface area contributed by atoms with Gasteiger partial charge in [-0.15, -0.1) is 11.3 Å². The number of rotatable bonds is 5. The van der Waals surface area contributed by atoms with Crippen molar-refractivity contribution >= 4 is 49.0 Å². The first-order valence-corrected chi connectivity index (χ1v) is 9.76. The Morgan fingerprint density at radius 3 is 2.96 bits per heavy atom. The van der Waals surface area contributed by atoms with Crippen LogP contribution in [0.3, 0.4) is 0 Å². The Morgan fingerprint density at radius 1 is 1.23 bits per heavy atom. The molecule has 1 aromatic carbocycles.